The van der Waals surface area contributed by atoms with Gasteiger partial charge in [0.15, 0.2) is 0 Å². The zero-order valence-electron chi connectivity index (χ0n) is 11.9. The maximum absolute atomic E-state index is 13.3. The Hall–Kier alpha value is -1.13. The second kappa shape index (κ2) is 7.04. The smallest absolute Gasteiger partial charge is 0.254 e. The van der Waals surface area contributed by atoms with Crippen molar-refractivity contribution in [2.75, 3.05) is 13.1 Å². The van der Waals surface area contributed by atoms with Crippen molar-refractivity contribution in [1.82, 2.24) is 4.90 Å². The minimum Gasteiger partial charge on any atom is -0.339 e. The Morgan fingerprint density at radius 1 is 1.40 bits per heavy atom. The second-order valence-electron chi connectivity index (χ2n) is 5.45. The van der Waals surface area contributed by atoms with E-state index in [1.54, 1.807) is 11.0 Å². The van der Waals surface area contributed by atoms with E-state index < -0.39 is 0 Å². The highest BCUT2D eigenvalue weighted by Crippen LogP contribution is 2.22. The van der Waals surface area contributed by atoms with E-state index in [9.17, 15) is 9.18 Å². The molecule has 5 heteroatoms. The van der Waals surface area contributed by atoms with Crippen LogP contribution in [0.5, 0.6) is 0 Å². The molecule has 1 heterocycles. The molecule has 2 rings (SSSR count). The summed E-state index contributed by atoms with van der Waals surface area (Å²) in [7, 11) is 0. The molecule has 1 amide bonds. The topological polar surface area (TPSA) is 46.3 Å². The van der Waals surface area contributed by atoms with Gasteiger partial charge in [-0.3, -0.25) is 4.79 Å². The summed E-state index contributed by atoms with van der Waals surface area (Å²) in [6.45, 7) is 5.27. The van der Waals surface area contributed by atoms with Gasteiger partial charge in [-0.05, 0) is 50.3 Å². The third-order valence-electron chi connectivity index (χ3n) is 4.00. The van der Waals surface area contributed by atoms with Gasteiger partial charge in [-0.2, -0.15) is 0 Å². The number of halogens is 2. The maximum atomic E-state index is 13.3. The Morgan fingerprint density at radius 3 is 2.55 bits per heavy atom. The molecule has 2 N–H and O–H groups in total. The fourth-order valence-corrected chi connectivity index (χ4v) is 2.62. The molecule has 1 atom stereocenters. The van der Waals surface area contributed by atoms with Crippen molar-refractivity contribution in [3.05, 3.63) is 35.1 Å². The molecule has 0 radical (unpaired) electrons. The number of amides is 1. The van der Waals surface area contributed by atoms with E-state index in [4.69, 9.17) is 5.73 Å². The first-order chi connectivity index (χ1) is 8.99. The number of carbonyl (C=O) groups excluding carboxylic acids is 1. The number of nitrogens with zero attached hydrogens (tertiary/aromatic N) is 1. The highest BCUT2D eigenvalue weighted by Gasteiger charge is 2.26. The van der Waals surface area contributed by atoms with Crippen LogP contribution in [0.15, 0.2) is 18.2 Å². The second-order valence-corrected chi connectivity index (χ2v) is 5.45. The quantitative estimate of drug-likeness (QED) is 0.913. The lowest BCUT2D eigenvalue weighted by Gasteiger charge is -2.34. The Balaban J connectivity index is 0.00000200. The number of carbonyl (C=O) groups is 1. The summed E-state index contributed by atoms with van der Waals surface area (Å²) in [6, 6.07) is 4.54. The molecule has 112 valence electrons. The molecule has 1 aliphatic heterocycles. The van der Waals surface area contributed by atoms with E-state index in [0.29, 0.717) is 24.6 Å². The molecule has 0 aliphatic carbocycles. The van der Waals surface area contributed by atoms with Gasteiger partial charge in [-0.15, -0.1) is 12.4 Å². The van der Waals surface area contributed by atoms with Gasteiger partial charge in [0, 0.05) is 24.7 Å². The van der Waals surface area contributed by atoms with Crippen molar-refractivity contribution in [2.24, 2.45) is 11.7 Å². The van der Waals surface area contributed by atoms with Crippen molar-refractivity contribution in [1.29, 1.82) is 0 Å². The maximum Gasteiger partial charge on any atom is 0.254 e. The molecule has 1 aromatic rings. The highest BCUT2D eigenvalue weighted by atomic mass is 35.5. The van der Waals surface area contributed by atoms with E-state index in [1.165, 1.54) is 12.1 Å². The van der Waals surface area contributed by atoms with Crippen LogP contribution < -0.4 is 5.73 Å². The molecule has 20 heavy (non-hydrogen) atoms. The third kappa shape index (κ3) is 3.70. The van der Waals surface area contributed by atoms with Crippen LogP contribution in [0, 0.1) is 18.7 Å². The number of rotatable bonds is 2. The Morgan fingerprint density at radius 2 is 2.00 bits per heavy atom. The largest absolute Gasteiger partial charge is 0.339 e. The lowest BCUT2D eigenvalue weighted by molar-refractivity contribution is 0.0679. The molecule has 1 unspecified atom stereocenters. The van der Waals surface area contributed by atoms with Crippen molar-refractivity contribution in [3.8, 4) is 0 Å². The van der Waals surface area contributed by atoms with Gasteiger partial charge in [0.25, 0.3) is 5.91 Å². The van der Waals surface area contributed by atoms with Crippen molar-refractivity contribution >= 4 is 18.3 Å². The van der Waals surface area contributed by atoms with Crippen LogP contribution in [-0.2, 0) is 0 Å². The number of benzene rings is 1. The van der Waals surface area contributed by atoms with Crippen molar-refractivity contribution in [2.45, 2.75) is 32.7 Å². The number of piperidine rings is 1. The first kappa shape index (κ1) is 16.9. The predicted molar refractivity (Wildman–Crippen MR) is 80.7 cm³/mol. The van der Waals surface area contributed by atoms with Gasteiger partial charge < -0.3 is 10.6 Å². The molecule has 1 aliphatic rings. The molecule has 0 spiro atoms. The van der Waals surface area contributed by atoms with Crippen LogP contribution in [0.4, 0.5) is 4.39 Å². The highest BCUT2D eigenvalue weighted by molar-refractivity contribution is 5.95. The van der Waals surface area contributed by atoms with Crippen LogP contribution in [0.25, 0.3) is 0 Å². The molecular weight excluding hydrogens is 279 g/mol. The number of hydrogen-bond acceptors (Lipinski definition) is 2. The van der Waals surface area contributed by atoms with Gasteiger partial charge in [0.2, 0.25) is 0 Å². The minimum absolute atomic E-state index is 0. The monoisotopic (exact) mass is 300 g/mol. The molecule has 0 bridgehead atoms. The summed E-state index contributed by atoms with van der Waals surface area (Å²) in [6.07, 6.45) is 1.86. The summed E-state index contributed by atoms with van der Waals surface area (Å²) in [5, 5.41) is 0. The SMILES string of the molecule is Cc1ccc(F)cc1C(=O)N1CCC(C(C)N)CC1.Cl. The van der Waals surface area contributed by atoms with Gasteiger partial charge in [-0.1, -0.05) is 6.07 Å². The fourth-order valence-electron chi connectivity index (χ4n) is 2.62. The van der Waals surface area contributed by atoms with Gasteiger partial charge in [0.1, 0.15) is 5.82 Å². The molecule has 3 nitrogen and oxygen atoms in total. The molecule has 1 aromatic carbocycles. The Kier molecular flexibility index (Phi) is 5.96. The molecule has 1 saturated heterocycles. The van der Waals surface area contributed by atoms with E-state index in [1.807, 2.05) is 13.8 Å². The molecular formula is C15H22ClFN2O. The predicted octanol–water partition coefficient (Wildman–Crippen LogP) is 2.76. The number of aryl methyl sites for hydroxylation is 1. The Bertz CT molecular complexity index is 471. The van der Waals surface area contributed by atoms with Crippen molar-refractivity contribution < 1.29 is 9.18 Å². The molecule has 0 saturated carbocycles. The summed E-state index contributed by atoms with van der Waals surface area (Å²) < 4.78 is 13.3. The lowest BCUT2D eigenvalue weighted by Crippen LogP contribution is -2.42. The van der Waals surface area contributed by atoms with E-state index in [2.05, 4.69) is 0 Å². The standard InChI is InChI=1S/C15H21FN2O.ClH/c1-10-3-4-13(16)9-14(10)15(19)18-7-5-12(6-8-18)11(2)17;/h3-4,9,11-12H,5-8,17H2,1-2H3;1H. The van der Waals surface area contributed by atoms with E-state index in [-0.39, 0.29) is 30.2 Å². The van der Waals surface area contributed by atoms with Crippen LogP contribution in [0.2, 0.25) is 0 Å². The third-order valence-corrected chi connectivity index (χ3v) is 4.00. The van der Waals surface area contributed by atoms with E-state index >= 15 is 0 Å². The van der Waals surface area contributed by atoms with Gasteiger partial charge >= 0.3 is 0 Å². The number of hydrogen-bond donors (Lipinski definition) is 1. The summed E-state index contributed by atoms with van der Waals surface area (Å²) in [5.41, 5.74) is 7.18. The first-order valence-corrected chi connectivity index (χ1v) is 6.80. The average molecular weight is 301 g/mol. The summed E-state index contributed by atoms with van der Waals surface area (Å²) in [4.78, 5) is 14.2. The van der Waals surface area contributed by atoms with Crippen LogP contribution in [0.1, 0.15) is 35.7 Å². The van der Waals surface area contributed by atoms with Crippen LogP contribution in [0.3, 0.4) is 0 Å². The molecule has 0 aromatic heterocycles. The Labute approximate surface area is 125 Å². The number of nitrogens with two attached hydrogens (primary N) is 1. The zero-order valence-corrected chi connectivity index (χ0v) is 12.8. The lowest BCUT2D eigenvalue weighted by atomic mass is 9.90. The van der Waals surface area contributed by atoms with Crippen LogP contribution >= 0.6 is 12.4 Å². The van der Waals surface area contributed by atoms with Gasteiger partial charge in [-0.25, -0.2) is 4.39 Å². The molecule has 1 fully saturated rings. The minimum atomic E-state index is -0.362. The average Bonchev–Trinajstić information content (AvgIpc) is 2.41. The summed E-state index contributed by atoms with van der Waals surface area (Å²) >= 11 is 0. The van der Waals surface area contributed by atoms with Gasteiger partial charge in [0.05, 0.1) is 0 Å². The van der Waals surface area contributed by atoms with Crippen LogP contribution in [-0.4, -0.2) is 29.9 Å². The van der Waals surface area contributed by atoms with Crippen molar-refractivity contribution in [3.63, 3.8) is 0 Å². The van der Waals surface area contributed by atoms with E-state index in [0.717, 1.165) is 18.4 Å². The summed E-state index contributed by atoms with van der Waals surface area (Å²) in [5.74, 6) is 0.0530. The first-order valence-electron chi connectivity index (χ1n) is 6.80. The normalized spacial score (nSPS) is 17.5. The fraction of sp³-hybridized carbons (Fsp3) is 0.533. The zero-order chi connectivity index (χ0) is 14.0. The number of likely N-dealkylation sites (tertiary alicyclic amines) is 1.